The van der Waals surface area contributed by atoms with Crippen molar-refractivity contribution in [2.75, 3.05) is 11.9 Å². The quantitative estimate of drug-likeness (QED) is 0.769. The molecule has 0 fully saturated rings. The Morgan fingerprint density at radius 1 is 1.12 bits per heavy atom. The standard InChI is InChI=1S/C19H22N2O3/c1-19(2,24)13-21(12-15-6-4-3-5-7-15)18(23)16-8-10-17(11-9-16)20-14-22/h3-11,14,24H,12-13H2,1-2H3,(H,20,22). The Morgan fingerprint density at radius 2 is 1.75 bits per heavy atom. The molecule has 0 atom stereocenters. The number of aliphatic hydroxyl groups is 1. The lowest BCUT2D eigenvalue weighted by molar-refractivity contribution is -0.105. The van der Waals surface area contributed by atoms with Crippen LogP contribution in [0.4, 0.5) is 5.69 Å². The first-order valence-corrected chi connectivity index (χ1v) is 7.75. The molecule has 2 aromatic rings. The molecule has 0 bridgehead atoms. The monoisotopic (exact) mass is 326 g/mol. The highest BCUT2D eigenvalue weighted by Crippen LogP contribution is 2.16. The maximum Gasteiger partial charge on any atom is 0.254 e. The number of anilines is 1. The minimum atomic E-state index is -0.997. The van der Waals surface area contributed by atoms with Gasteiger partial charge < -0.3 is 15.3 Å². The van der Waals surface area contributed by atoms with Gasteiger partial charge in [0, 0.05) is 24.3 Å². The van der Waals surface area contributed by atoms with Crippen molar-refractivity contribution in [3.63, 3.8) is 0 Å². The fraction of sp³-hybridized carbons (Fsp3) is 0.263. The molecule has 2 aromatic carbocycles. The molecule has 2 rings (SSSR count). The van der Waals surface area contributed by atoms with Crippen LogP contribution in [-0.4, -0.2) is 34.5 Å². The summed E-state index contributed by atoms with van der Waals surface area (Å²) in [5.41, 5.74) is 1.13. The highest BCUT2D eigenvalue weighted by atomic mass is 16.3. The third-order valence-corrected chi connectivity index (χ3v) is 3.44. The molecule has 126 valence electrons. The van der Waals surface area contributed by atoms with Crippen LogP contribution in [0.3, 0.4) is 0 Å². The third kappa shape index (κ3) is 5.21. The van der Waals surface area contributed by atoms with Crippen molar-refractivity contribution >= 4 is 18.0 Å². The molecule has 0 aliphatic heterocycles. The molecule has 5 nitrogen and oxygen atoms in total. The lowest BCUT2D eigenvalue weighted by Crippen LogP contribution is -2.41. The van der Waals surface area contributed by atoms with Crippen molar-refractivity contribution in [3.05, 3.63) is 65.7 Å². The Kier molecular flexibility index (Phi) is 5.71. The summed E-state index contributed by atoms with van der Waals surface area (Å²) in [6.07, 6.45) is 0.590. The van der Waals surface area contributed by atoms with Crippen molar-refractivity contribution in [1.29, 1.82) is 0 Å². The summed E-state index contributed by atoms with van der Waals surface area (Å²) < 4.78 is 0. The molecule has 0 unspecified atom stereocenters. The fourth-order valence-corrected chi connectivity index (χ4v) is 2.43. The second-order valence-corrected chi connectivity index (χ2v) is 6.30. The van der Waals surface area contributed by atoms with Crippen molar-refractivity contribution in [1.82, 2.24) is 4.90 Å². The molecule has 0 heterocycles. The number of benzene rings is 2. The maximum atomic E-state index is 12.8. The normalized spacial score (nSPS) is 11.0. The molecule has 0 saturated carbocycles. The molecule has 0 aliphatic rings. The van der Waals surface area contributed by atoms with Gasteiger partial charge in [0.05, 0.1) is 5.60 Å². The second kappa shape index (κ2) is 7.75. The Labute approximate surface area is 141 Å². The van der Waals surface area contributed by atoms with E-state index >= 15 is 0 Å². The van der Waals surface area contributed by atoms with E-state index in [9.17, 15) is 14.7 Å². The Balaban J connectivity index is 2.21. The first kappa shape index (κ1) is 17.7. The van der Waals surface area contributed by atoms with Crippen LogP contribution in [0.1, 0.15) is 29.8 Å². The molecule has 24 heavy (non-hydrogen) atoms. The predicted octanol–water partition coefficient (Wildman–Crippen LogP) is 2.67. The summed E-state index contributed by atoms with van der Waals surface area (Å²) in [6, 6.07) is 16.3. The Morgan fingerprint density at radius 3 is 2.29 bits per heavy atom. The molecule has 0 aromatic heterocycles. The van der Waals surface area contributed by atoms with Crippen molar-refractivity contribution in [3.8, 4) is 0 Å². The average molecular weight is 326 g/mol. The molecule has 0 aliphatic carbocycles. The highest BCUT2D eigenvalue weighted by Gasteiger charge is 2.23. The van der Waals surface area contributed by atoms with Crippen LogP contribution in [0.2, 0.25) is 0 Å². The molecule has 2 N–H and O–H groups in total. The maximum absolute atomic E-state index is 12.8. The van der Waals surface area contributed by atoms with E-state index < -0.39 is 5.60 Å². The van der Waals surface area contributed by atoms with E-state index in [1.54, 1.807) is 43.0 Å². The number of carbonyl (C=O) groups is 2. The Hall–Kier alpha value is -2.66. The third-order valence-electron chi connectivity index (χ3n) is 3.44. The van der Waals surface area contributed by atoms with E-state index in [0.717, 1.165) is 5.56 Å². The zero-order valence-corrected chi connectivity index (χ0v) is 13.9. The zero-order valence-electron chi connectivity index (χ0n) is 13.9. The number of nitrogens with zero attached hydrogens (tertiary/aromatic N) is 1. The van der Waals surface area contributed by atoms with Gasteiger partial charge in [0.2, 0.25) is 6.41 Å². The van der Waals surface area contributed by atoms with E-state index in [2.05, 4.69) is 5.32 Å². The number of carbonyl (C=O) groups excluding carboxylic acids is 2. The van der Waals surface area contributed by atoms with Gasteiger partial charge in [-0.15, -0.1) is 0 Å². The van der Waals surface area contributed by atoms with Crippen molar-refractivity contribution in [2.45, 2.75) is 26.0 Å². The SMILES string of the molecule is CC(C)(O)CN(Cc1ccccc1)C(=O)c1ccc(NC=O)cc1. The first-order chi connectivity index (χ1) is 11.4. The summed E-state index contributed by atoms with van der Waals surface area (Å²) >= 11 is 0. The van der Waals surface area contributed by atoms with Gasteiger partial charge in [0.25, 0.3) is 5.91 Å². The highest BCUT2D eigenvalue weighted by molar-refractivity contribution is 5.94. The topological polar surface area (TPSA) is 69.6 Å². The summed E-state index contributed by atoms with van der Waals surface area (Å²) in [7, 11) is 0. The van der Waals surface area contributed by atoms with Crippen LogP contribution in [0, 0.1) is 0 Å². The van der Waals surface area contributed by atoms with Crippen LogP contribution >= 0.6 is 0 Å². The molecular weight excluding hydrogens is 304 g/mol. The van der Waals surface area contributed by atoms with Gasteiger partial charge >= 0.3 is 0 Å². The lowest BCUT2D eigenvalue weighted by Gasteiger charge is -2.29. The van der Waals surface area contributed by atoms with Crippen LogP contribution in [-0.2, 0) is 11.3 Å². The van der Waals surface area contributed by atoms with Gasteiger partial charge in [-0.2, -0.15) is 0 Å². The number of hydrogen-bond acceptors (Lipinski definition) is 3. The summed E-state index contributed by atoms with van der Waals surface area (Å²) in [5.74, 6) is -0.168. The molecule has 0 saturated heterocycles. The summed E-state index contributed by atoms with van der Waals surface area (Å²) in [5, 5.41) is 12.7. The van der Waals surface area contributed by atoms with E-state index in [0.29, 0.717) is 24.2 Å². The van der Waals surface area contributed by atoms with Crippen LogP contribution in [0.5, 0.6) is 0 Å². The number of nitrogens with one attached hydrogen (secondary N) is 1. The number of hydrogen-bond donors (Lipinski definition) is 2. The molecule has 5 heteroatoms. The zero-order chi connectivity index (χ0) is 17.6. The van der Waals surface area contributed by atoms with Gasteiger partial charge in [-0.3, -0.25) is 9.59 Å². The lowest BCUT2D eigenvalue weighted by atomic mass is 10.1. The fourth-order valence-electron chi connectivity index (χ4n) is 2.43. The average Bonchev–Trinajstić information content (AvgIpc) is 2.54. The molecule has 0 radical (unpaired) electrons. The van der Waals surface area contributed by atoms with Crippen LogP contribution in [0.25, 0.3) is 0 Å². The predicted molar refractivity (Wildman–Crippen MR) is 93.6 cm³/mol. The first-order valence-electron chi connectivity index (χ1n) is 7.75. The number of rotatable bonds is 7. The van der Waals surface area contributed by atoms with Gasteiger partial charge in [-0.05, 0) is 43.7 Å². The van der Waals surface area contributed by atoms with Gasteiger partial charge in [0.1, 0.15) is 0 Å². The second-order valence-electron chi connectivity index (χ2n) is 6.30. The summed E-state index contributed by atoms with van der Waals surface area (Å²) in [4.78, 5) is 24.9. The van der Waals surface area contributed by atoms with Gasteiger partial charge in [-0.25, -0.2) is 0 Å². The van der Waals surface area contributed by atoms with E-state index in [1.807, 2.05) is 30.3 Å². The van der Waals surface area contributed by atoms with Crippen molar-refractivity contribution in [2.24, 2.45) is 0 Å². The summed E-state index contributed by atoms with van der Waals surface area (Å²) in [6.45, 7) is 3.98. The van der Waals surface area contributed by atoms with Crippen molar-refractivity contribution < 1.29 is 14.7 Å². The minimum absolute atomic E-state index is 0.168. The molecule has 2 amide bonds. The van der Waals surface area contributed by atoms with E-state index in [4.69, 9.17) is 0 Å². The van der Waals surface area contributed by atoms with E-state index in [1.165, 1.54) is 0 Å². The van der Waals surface area contributed by atoms with Crippen LogP contribution < -0.4 is 5.32 Å². The minimum Gasteiger partial charge on any atom is -0.389 e. The van der Waals surface area contributed by atoms with Crippen LogP contribution in [0.15, 0.2) is 54.6 Å². The number of amides is 2. The molecule has 0 spiro atoms. The van der Waals surface area contributed by atoms with Gasteiger partial charge in [-0.1, -0.05) is 30.3 Å². The largest absolute Gasteiger partial charge is 0.389 e. The van der Waals surface area contributed by atoms with Gasteiger partial charge in [0.15, 0.2) is 0 Å². The Bertz CT molecular complexity index is 676. The molecular formula is C19H22N2O3. The van der Waals surface area contributed by atoms with E-state index in [-0.39, 0.29) is 12.5 Å². The smallest absolute Gasteiger partial charge is 0.254 e.